The zero-order chi connectivity index (χ0) is 20.7. The van der Waals surface area contributed by atoms with Gasteiger partial charge in [-0.05, 0) is 60.4 Å². The Balaban J connectivity index is 1.80. The summed E-state index contributed by atoms with van der Waals surface area (Å²) < 4.78 is 8.54. The Kier molecular flexibility index (Phi) is 4.44. The van der Waals surface area contributed by atoms with Gasteiger partial charge in [0.2, 0.25) is 0 Å². The minimum Gasteiger partial charge on any atom is -0.455 e. The van der Waals surface area contributed by atoms with Crippen molar-refractivity contribution in [1.29, 1.82) is 0 Å². The molecule has 2 aromatic heterocycles. The molecule has 5 rings (SSSR count). The van der Waals surface area contributed by atoms with Crippen molar-refractivity contribution < 1.29 is 4.42 Å². The summed E-state index contributed by atoms with van der Waals surface area (Å²) in [6, 6.07) is 21.5. The Hall–Kier alpha value is -3.72. The summed E-state index contributed by atoms with van der Waals surface area (Å²) in [7, 11) is 1.95. The van der Waals surface area contributed by atoms with Crippen LogP contribution in [0.3, 0.4) is 0 Å². The summed E-state index contributed by atoms with van der Waals surface area (Å²) in [5, 5.41) is 3.25. The van der Waals surface area contributed by atoms with Gasteiger partial charge in [0.1, 0.15) is 5.76 Å². The van der Waals surface area contributed by atoms with Crippen LogP contribution in [0, 0.1) is 0 Å². The molecule has 148 valence electrons. The van der Waals surface area contributed by atoms with Gasteiger partial charge in [-0.2, -0.15) is 0 Å². The van der Waals surface area contributed by atoms with E-state index in [2.05, 4.69) is 83.7 Å². The molecule has 3 heteroatoms. The van der Waals surface area contributed by atoms with Crippen LogP contribution in [0.15, 0.2) is 78.2 Å². The van der Waals surface area contributed by atoms with Crippen LogP contribution >= 0.6 is 0 Å². The lowest BCUT2D eigenvalue weighted by Crippen LogP contribution is -2.08. The van der Waals surface area contributed by atoms with E-state index in [1.54, 1.807) is 6.08 Å². The molecule has 0 fully saturated rings. The second kappa shape index (κ2) is 7.27. The SMILES string of the molecule is C=Cc1cc(-c2cc3c(n2-c2cccc(NC)c2)CCc2ccccc2-3)oc1C=C. The van der Waals surface area contributed by atoms with Crippen LogP contribution in [0.1, 0.15) is 22.6 Å². The van der Waals surface area contributed by atoms with Gasteiger partial charge in [0.15, 0.2) is 5.76 Å². The Labute approximate surface area is 177 Å². The first-order chi connectivity index (χ1) is 14.7. The fourth-order valence-electron chi connectivity index (χ4n) is 4.43. The van der Waals surface area contributed by atoms with Gasteiger partial charge in [-0.3, -0.25) is 0 Å². The zero-order valence-corrected chi connectivity index (χ0v) is 17.1. The van der Waals surface area contributed by atoms with E-state index in [4.69, 9.17) is 4.42 Å². The molecule has 0 bridgehead atoms. The van der Waals surface area contributed by atoms with Crippen molar-refractivity contribution in [3.8, 4) is 28.3 Å². The van der Waals surface area contributed by atoms with Crippen molar-refractivity contribution in [3.05, 3.63) is 96.4 Å². The van der Waals surface area contributed by atoms with E-state index in [-0.39, 0.29) is 0 Å². The number of anilines is 1. The van der Waals surface area contributed by atoms with E-state index in [1.807, 2.05) is 13.1 Å². The third kappa shape index (κ3) is 2.82. The van der Waals surface area contributed by atoms with E-state index >= 15 is 0 Å². The molecule has 0 saturated carbocycles. The third-order valence-electron chi connectivity index (χ3n) is 5.88. The molecule has 30 heavy (non-hydrogen) atoms. The van der Waals surface area contributed by atoms with Gasteiger partial charge < -0.3 is 14.3 Å². The van der Waals surface area contributed by atoms with E-state index in [0.717, 1.165) is 47.0 Å². The summed E-state index contributed by atoms with van der Waals surface area (Å²) in [5.74, 6) is 1.57. The molecule has 0 atom stereocenters. The Morgan fingerprint density at radius 3 is 2.57 bits per heavy atom. The van der Waals surface area contributed by atoms with E-state index < -0.39 is 0 Å². The maximum absolute atomic E-state index is 6.20. The molecular formula is C27H24N2O. The van der Waals surface area contributed by atoms with Crippen LogP contribution in [0.4, 0.5) is 5.69 Å². The third-order valence-corrected chi connectivity index (χ3v) is 5.88. The minimum atomic E-state index is 0.745. The van der Waals surface area contributed by atoms with Crippen molar-refractivity contribution >= 4 is 17.8 Å². The number of rotatable bonds is 5. The first kappa shape index (κ1) is 18.3. The predicted octanol–water partition coefficient (Wildman–Crippen LogP) is 6.83. The Morgan fingerprint density at radius 1 is 0.933 bits per heavy atom. The average molecular weight is 393 g/mol. The molecule has 0 amide bonds. The molecule has 0 spiro atoms. The first-order valence-corrected chi connectivity index (χ1v) is 10.2. The van der Waals surface area contributed by atoms with Gasteiger partial charge >= 0.3 is 0 Å². The number of hydrogen-bond donors (Lipinski definition) is 1. The van der Waals surface area contributed by atoms with Gasteiger partial charge in [-0.25, -0.2) is 0 Å². The highest BCUT2D eigenvalue weighted by molar-refractivity contribution is 5.80. The van der Waals surface area contributed by atoms with Crippen LogP contribution in [0.2, 0.25) is 0 Å². The quantitative estimate of drug-likeness (QED) is 0.403. The minimum absolute atomic E-state index is 0.745. The van der Waals surface area contributed by atoms with Crippen LogP contribution in [-0.4, -0.2) is 11.6 Å². The van der Waals surface area contributed by atoms with Gasteiger partial charge in [0.05, 0.1) is 5.69 Å². The smallest absolute Gasteiger partial charge is 0.152 e. The number of aromatic nitrogens is 1. The molecule has 0 unspecified atom stereocenters. The number of nitrogens with one attached hydrogen (secondary N) is 1. The lowest BCUT2D eigenvalue weighted by Gasteiger charge is -2.20. The van der Waals surface area contributed by atoms with E-state index in [9.17, 15) is 0 Å². The van der Waals surface area contributed by atoms with Crippen LogP contribution in [0.25, 0.3) is 40.4 Å². The van der Waals surface area contributed by atoms with Crippen molar-refractivity contribution in [3.63, 3.8) is 0 Å². The van der Waals surface area contributed by atoms with Gasteiger partial charge in [0, 0.05) is 35.2 Å². The monoisotopic (exact) mass is 392 g/mol. The molecule has 2 aromatic carbocycles. The van der Waals surface area contributed by atoms with Crippen molar-refractivity contribution in [2.24, 2.45) is 0 Å². The maximum Gasteiger partial charge on any atom is 0.152 e. The fraction of sp³-hybridized carbons (Fsp3) is 0.111. The van der Waals surface area contributed by atoms with Crippen LogP contribution < -0.4 is 5.32 Å². The summed E-state index contributed by atoms with van der Waals surface area (Å²) in [4.78, 5) is 0. The lowest BCUT2D eigenvalue weighted by atomic mass is 9.90. The van der Waals surface area contributed by atoms with Gasteiger partial charge in [0.25, 0.3) is 0 Å². The predicted molar refractivity (Wildman–Crippen MR) is 126 cm³/mol. The van der Waals surface area contributed by atoms with E-state index in [1.165, 1.54) is 22.4 Å². The number of nitrogens with zero attached hydrogens (tertiary/aromatic N) is 1. The topological polar surface area (TPSA) is 30.1 Å². The Bertz CT molecular complexity index is 1250. The lowest BCUT2D eigenvalue weighted by molar-refractivity contribution is 0.567. The number of benzene rings is 2. The van der Waals surface area contributed by atoms with Crippen molar-refractivity contribution in [2.45, 2.75) is 12.8 Å². The summed E-state index contributed by atoms with van der Waals surface area (Å²) in [6.45, 7) is 7.81. The molecule has 2 heterocycles. The molecule has 0 saturated heterocycles. The molecule has 1 N–H and O–H groups in total. The molecule has 0 radical (unpaired) electrons. The van der Waals surface area contributed by atoms with Gasteiger partial charge in [-0.15, -0.1) is 0 Å². The van der Waals surface area contributed by atoms with Crippen molar-refractivity contribution in [1.82, 2.24) is 4.57 Å². The van der Waals surface area contributed by atoms with Crippen LogP contribution in [-0.2, 0) is 12.8 Å². The number of aryl methyl sites for hydroxylation is 1. The molecular weight excluding hydrogens is 368 g/mol. The molecule has 3 nitrogen and oxygen atoms in total. The highest BCUT2D eigenvalue weighted by Crippen LogP contribution is 2.41. The molecule has 0 aliphatic heterocycles. The molecule has 1 aliphatic rings. The normalized spacial score (nSPS) is 12.2. The highest BCUT2D eigenvalue weighted by atomic mass is 16.3. The van der Waals surface area contributed by atoms with Crippen molar-refractivity contribution in [2.75, 3.05) is 12.4 Å². The summed E-state index contributed by atoms with van der Waals surface area (Å²) in [6.07, 6.45) is 5.57. The Morgan fingerprint density at radius 2 is 1.80 bits per heavy atom. The van der Waals surface area contributed by atoms with Crippen LogP contribution in [0.5, 0.6) is 0 Å². The number of fused-ring (bicyclic) bond motifs is 3. The fourth-order valence-corrected chi connectivity index (χ4v) is 4.43. The number of hydrogen-bond acceptors (Lipinski definition) is 2. The zero-order valence-electron chi connectivity index (χ0n) is 17.1. The largest absolute Gasteiger partial charge is 0.455 e. The highest BCUT2D eigenvalue weighted by Gasteiger charge is 2.25. The standard InChI is InChI=1S/C27H24N2O/c1-4-18-15-27(30-26(18)5-2)25-17-23-22-12-7-6-9-19(22)13-14-24(23)29(25)21-11-8-10-20(16-21)28-3/h4-12,15-17,28H,1-2,13-14H2,3H3. The second-order valence-corrected chi connectivity index (χ2v) is 7.52. The first-order valence-electron chi connectivity index (χ1n) is 10.2. The molecule has 4 aromatic rings. The van der Waals surface area contributed by atoms with Gasteiger partial charge in [-0.1, -0.05) is 49.6 Å². The summed E-state index contributed by atoms with van der Waals surface area (Å²) >= 11 is 0. The molecule has 1 aliphatic carbocycles. The maximum atomic E-state index is 6.20. The van der Waals surface area contributed by atoms with E-state index in [0.29, 0.717) is 0 Å². The average Bonchev–Trinajstić information content (AvgIpc) is 3.40. The number of furan rings is 1. The second-order valence-electron chi connectivity index (χ2n) is 7.52. The summed E-state index contributed by atoms with van der Waals surface area (Å²) in [5.41, 5.74) is 9.49.